The summed E-state index contributed by atoms with van der Waals surface area (Å²) in [7, 11) is 0. The Labute approximate surface area is 168 Å². The molecule has 0 N–H and O–H groups in total. The zero-order valence-electron chi connectivity index (χ0n) is 15.9. The largest absolute Gasteiger partial charge is 0.370 e. The quantitative estimate of drug-likeness (QED) is 0.536. The Kier molecular flexibility index (Phi) is 4.56. The Bertz CT molecular complexity index is 1110. The maximum Gasteiger partial charge on any atom is 0.168 e. The number of nitrogens with zero attached hydrogens (tertiary/aromatic N) is 6. The van der Waals surface area contributed by atoms with Crippen molar-refractivity contribution < 1.29 is 4.39 Å². The van der Waals surface area contributed by atoms with Gasteiger partial charge in [-0.05, 0) is 42.8 Å². The topological polar surface area (TPSA) is 50.1 Å². The second kappa shape index (κ2) is 7.50. The fourth-order valence-corrected chi connectivity index (χ4v) is 3.88. The van der Waals surface area contributed by atoms with Crippen LogP contribution in [0.15, 0.2) is 67.1 Å². The molecule has 0 amide bonds. The van der Waals surface area contributed by atoms with Crippen molar-refractivity contribution in [1.82, 2.24) is 19.7 Å². The summed E-state index contributed by atoms with van der Waals surface area (Å²) in [6, 6.07) is 16.7. The third-order valence-corrected chi connectivity index (χ3v) is 5.33. The lowest BCUT2D eigenvalue weighted by Gasteiger charge is -2.24. The van der Waals surface area contributed by atoms with Crippen molar-refractivity contribution in [2.75, 3.05) is 36.0 Å². The average Bonchev–Trinajstić information content (AvgIpc) is 3.05. The molecular formula is C22H21FN6. The van der Waals surface area contributed by atoms with E-state index in [2.05, 4.69) is 24.9 Å². The van der Waals surface area contributed by atoms with E-state index >= 15 is 0 Å². The van der Waals surface area contributed by atoms with Gasteiger partial charge in [0.2, 0.25) is 0 Å². The van der Waals surface area contributed by atoms with Crippen LogP contribution in [0.4, 0.5) is 15.9 Å². The van der Waals surface area contributed by atoms with Gasteiger partial charge in [0.05, 0.1) is 17.3 Å². The predicted molar refractivity (Wildman–Crippen MR) is 112 cm³/mol. The first-order chi connectivity index (χ1) is 14.3. The molecule has 1 saturated heterocycles. The van der Waals surface area contributed by atoms with E-state index in [1.807, 2.05) is 53.3 Å². The van der Waals surface area contributed by atoms with Crippen molar-refractivity contribution in [2.45, 2.75) is 6.42 Å². The van der Waals surface area contributed by atoms with Gasteiger partial charge in [0.15, 0.2) is 5.65 Å². The molecule has 1 fully saturated rings. The third-order valence-electron chi connectivity index (χ3n) is 5.33. The Hall–Kier alpha value is -3.48. The Morgan fingerprint density at radius 1 is 0.759 bits per heavy atom. The molecule has 2 aromatic carbocycles. The van der Waals surface area contributed by atoms with E-state index in [0.29, 0.717) is 0 Å². The first-order valence-corrected chi connectivity index (χ1v) is 9.79. The van der Waals surface area contributed by atoms with E-state index in [0.717, 1.165) is 60.8 Å². The van der Waals surface area contributed by atoms with Crippen LogP contribution in [0.25, 0.3) is 16.7 Å². The number of halogens is 1. The second-order valence-electron chi connectivity index (χ2n) is 7.13. The Balaban J connectivity index is 1.42. The minimum atomic E-state index is -0.205. The summed E-state index contributed by atoms with van der Waals surface area (Å²) in [6.07, 6.45) is 4.46. The van der Waals surface area contributed by atoms with Gasteiger partial charge in [0.25, 0.3) is 0 Å². The summed E-state index contributed by atoms with van der Waals surface area (Å²) in [4.78, 5) is 13.7. The zero-order valence-corrected chi connectivity index (χ0v) is 15.9. The van der Waals surface area contributed by atoms with Crippen molar-refractivity contribution in [3.05, 3.63) is 72.9 Å². The van der Waals surface area contributed by atoms with Crippen LogP contribution in [-0.4, -0.2) is 45.9 Å². The highest BCUT2D eigenvalue weighted by molar-refractivity contribution is 5.87. The summed E-state index contributed by atoms with van der Waals surface area (Å²) < 4.78 is 15.1. The lowest BCUT2D eigenvalue weighted by molar-refractivity contribution is 0.627. The fraction of sp³-hybridized carbons (Fsp3) is 0.227. The summed E-state index contributed by atoms with van der Waals surface area (Å²) in [6.45, 7) is 3.52. The van der Waals surface area contributed by atoms with Crippen LogP contribution in [0.5, 0.6) is 0 Å². The molecular weight excluding hydrogens is 367 g/mol. The van der Waals surface area contributed by atoms with Crippen molar-refractivity contribution in [1.29, 1.82) is 0 Å². The summed E-state index contributed by atoms with van der Waals surface area (Å²) in [5.41, 5.74) is 2.84. The third kappa shape index (κ3) is 3.40. The summed E-state index contributed by atoms with van der Waals surface area (Å²) >= 11 is 0. The molecule has 5 rings (SSSR count). The van der Waals surface area contributed by atoms with Gasteiger partial charge in [0.1, 0.15) is 18.0 Å². The standard InChI is InChI=1S/C22H21FN6/c23-17-7-9-18(10-8-17)27-11-4-12-28(14-13-27)21-20-15-26-29(22(20)25-16-24-21)19-5-2-1-3-6-19/h1-3,5-10,15-16H,4,11-14H2. The van der Waals surface area contributed by atoms with Gasteiger partial charge in [-0.2, -0.15) is 5.10 Å². The molecule has 7 heteroatoms. The first kappa shape index (κ1) is 17.6. The number of rotatable bonds is 3. The molecule has 0 radical (unpaired) electrons. The molecule has 4 aromatic rings. The molecule has 0 atom stereocenters. The number of benzene rings is 2. The molecule has 146 valence electrons. The Morgan fingerprint density at radius 3 is 2.34 bits per heavy atom. The van der Waals surface area contributed by atoms with Gasteiger partial charge in [-0.15, -0.1) is 0 Å². The van der Waals surface area contributed by atoms with E-state index < -0.39 is 0 Å². The van der Waals surface area contributed by atoms with Crippen LogP contribution in [0.1, 0.15) is 6.42 Å². The molecule has 0 unspecified atom stereocenters. The SMILES string of the molecule is Fc1ccc(N2CCCN(c3ncnc4c3cnn4-c3ccccc3)CC2)cc1. The second-order valence-corrected chi connectivity index (χ2v) is 7.13. The minimum Gasteiger partial charge on any atom is -0.370 e. The van der Waals surface area contributed by atoms with Crippen molar-refractivity contribution in [2.24, 2.45) is 0 Å². The van der Waals surface area contributed by atoms with Crippen LogP contribution in [0, 0.1) is 5.82 Å². The van der Waals surface area contributed by atoms with Gasteiger partial charge in [-0.1, -0.05) is 18.2 Å². The van der Waals surface area contributed by atoms with Crippen molar-refractivity contribution in [3.63, 3.8) is 0 Å². The summed E-state index contributed by atoms with van der Waals surface area (Å²) in [5.74, 6) is 0.710. The van der Waals surface area contributed by atoms with E-state index in [1.165, 1.54) is 12.1 Å². The molecule has 2 aromatic heterocycles. The molecule has 3 heterocycles. The average molecular weight is 388 g/mol. The molecule has 0 bridgehead atoms. The van der Waals surface area contributed by atoms with Gasteiger partial charge >= 0.3 is 0 Å². The first-order valence-electron chi connectivity index (χ1n) is 9.79. The number of para-hydroxylation sites is 1. The number of hydrogen-bond acceptors (Lipinski definition) is 5. The van der Waals surface area contributed by atoms with Crippen LogP contribution < -0.4 is 9.80 Å². The van der Waals surface area contributed by atoms with E-state index in [1.54, 1.807) is 6.33 Å². The fourth-order valence-electron chi connectivity index (χ4n) is 3.88. The normalized spacial score (nSPS) is 14.9. The van der Waals surface area contributed by atoms with Gasteiger partial charge in [-0.3, -0.25) is 0 Å². The van der Waals surface area contributed by atoms with Crippen molar-refractivity contribution >= 4 is 22.5 Å². The van der Waals surface area contributed by atoms with Crippen LogP contribution in [0.3, 0.4) is 0 Å². The van der Waals surface area contributed by atoms with E-state index in [4.69, 9.17) is 0 Å². The molecule has 29 heavy (non-hydrogen) atoms. The van der Waals surface area contributed by atoms with Crippen molar-refractivity contribution in [3.8, 4) is 5.69 Å². The lowest BCUT2D eigenvalue weighted by Crippen LogP contribution is -2.31. The molecule has 0 saturated carbocycles. The monoisotopic (exact) mass is 388 g/mol. The smallest absolute Gasteiger partial charge is 0.168 e. The molecule has 0 aliphatic carbocycles. The lowest BCUT2D eigenvalue weighted by atomic mass is 10.2. The van der Waals surface area contributed by atoms with Gasteiger partial charge in [-0.25, -0.2) is 19.0 Å². The Morgan fingerprint density at radius 2 is 1.52 bits per heavy atom. The highest BCUT2D eigenvalue weighted by Gasteiger charge is 2.20. The number of hydrogen-bond donors (Lipinski definition) is 0. The molecule has 1 aliphatic rings. The van der Waals surface area contributed by atoms with E-state index in [9.17, 15) is 4.39 Å². The van der Waals surface area contributed by atoms with Crippen LogP contribution >= 0.6 is 0 Å². The maximum absolute atomic E-state index is 13.2. The van der Waals surface area contributed by atoms with E-state index in [-0.39, 0.29) is 5.82 Å². The van der Waals surface area contributed by atoms with Crippen LogP contribution in [-0.2, 0) is 0 Å². The number of fused-ring (bicyclic) bond motifs is 1. The zero-order chi connectivity index (χ0) is 19.6. The van der Waals surface area contributed by atoms with Crippen LogP contribution in [0.2, 0.25) is 0 Å². The van der Waals surface area contributed by atoms with Gasteiger partial charge in [0, 0.05) is 31.9 Å². The molecule has 1 aliphatic heterocycles. The number of anilines is 2. The highest BCUT2D eigenvalue weighted by Crippen LogP contribution is 2.26. The predicted octanol–water partition coefficient (Wildman–Crippen LogP) is 3.67. The maximum atomic E-state index is 13.2. The minimum absolute atomic E-state index is 0.205. The highest BCUT2D eigenvalue weighted by atomic mass is 19.1. The van der Waals surface area contributed by atoms with Gasteiger partial charge < -0.3 is 9.80 Å². The molecule has 6 nitrogen and oxygen atoms in total. The summed E-state index contributed by atoms with van der Waals surface area (Å²) in [5, 5.41) is 5.51. The number of aromatic nitrogens is 4. The molecule has 0 spiro atoms.